The van der Waals surface area contributed by atoms with Crippen LogP contribution in [0.25, 0.3) is 0 Å². The monoisotopic (exact) mass is 383 g/mol. The van der Waals surface area contributed by atoms with E-state index < -0.39 is 0 Å². The maximum atomic E-state index is 13.4. The second kappa shape index (κ2) is 8.05. The molecule has 1 saturated heterocycles. The number of hydrogen-bond acceptors (Lipinski definition) is 5. The Hall–Kier alpha value is -2.18. The van der Waals surface area contributed by atoms with Crippen molar-refractivity contribution in [2.75, 3.05) is 33.9 Å². The van der Waals surface area contributed by atoms with Crippen LogP contribution in [0.3, 0.4) is 0 Å². The van der Waals surface area contributed by atoms with Crippen molar-refractivity contribution in [2.24, 2.45) is 0 Å². The first kappa shape index (κ1) is 19.2. The molecule has 0 bridgehead atoms. The third-order valence-corrected chi connectivity index (χ3v) is 5.77. The second-order valence-corrected chi connectivity index (χ2v) is 8.10. The van der Waals surface area contributed by atoms with Crippen molar-refractivity contribution in [1.82, 2.24) is 14.8 Å². The Labute approximate surface area is 166 Å². The molecule has 28 heavy (non-hydrogen) atoms. The van der Waals surface area contributed by atoms with Crippen LogP contribution in [0.15, 0.2) is 28.7 Å². The fraction of sp³-hybridized carbons (Fsp3) is 0.545. The highest BCUT2D eigenvalue weighted by molar-refractivity contribution is 5.83. The molecule has 150 valence electrons. The van der Waals surface area contributed by atoms with E-state index in [0.29, 0.717) is 19.0 Å². The van der Waals surface area contributed by atoms with E-state index in [-0.39, 0.29) is 11.9 Å². The Kier molecular flexibility index (Phi) is 5.51. The van der Waals surface area contributed by atoms with Gasteiger partial charge in [-0.3, -0.25) is 9.69 Å². The maximum Gasteiger partial charge on any atom is 0.244 e. The number of fused-ring (bicyclic) bond motifs is 1. The number of oxazole rings is 1. The van der Waals surface area contributed by atoms with Gasteiger partial charge in [-0.05, 0) is 39.4 Å². The molecule has 2 aliphatic heterocycles. The number of carbonyl (C=O) groups is 1. The third-order valence-electron chi connectivity index (χ3n) is 5.77. The summed E-state index contributed by atoms with van der Waals surface area (Å²) in [6, 6.07) is 7.93. The van der Waals surface area contributed by atoms with Crippen molar-refractivity contribution in [3.05, 3.63) is 52.7 Å². The summed E-state index contributed by atoms with van der Waals surface area (Å²) < 4.78 is 11.5. The number of carbonyl (C=O) groups excluding carboxylic acids is 1. The van der Waals surface area contributed by atoms with Gasteiger partial charge in [0.15, 0.2) is 5.89 Å². The fourth-order valence-electron chi connectivity index (χ4n) is 4.11. The predicted octanol–water partition coefficient (Wildman–Crippen LogP) is 3.06. The minimum atomic E-state index is -0.288. The number of amides is 1. The summed E-state index contributed by atoms with van der Waals surface area (Å²) in [5.41, 5.74) is 3.14. The first-order valence-corrected chi connectivity index (χ1v) is 10.1. The number of likely N-dealkylation sites (N-methyl/N-ethyl adjacent to an activating group) is 1. The zero-order chi connectivity index (χ0) is 19.7. The Bertz CT molecular complexity index is 822. The lowest BCUT2D eigenvalue weighted by Crippen LogP contribution is -2.43. The lowest BCUT2D eigenvalue weighted by atomic mass is 10.0. The molecule has 1 aromatic carbocycles. The van der Waals surface area contributed by atoms with Crippen LogP contribution in [0.1, 0.15) is 53.3 Å². The normalized spacial score (nSPS) is 18.9. The Balaban J connectivity index is 1.51. The molecule has 1 amide bonds. The molecule has 3 heterocycles. The minimum Gasteiger partial charge on any atom is -0.445 e. The molecule has 0 saturated carbocycles. The van der Waals surface area contributed by atoms with Gasteiger partial charge in [0.05, 0.1) is 6.54 Å². The van der Waals surface area contributed by atoms with Crippen LogP contribution in [0, 0.1) is 6.92 Å². The summed E-state index contributed by atoms with van der Waals surface area (Å²) in [6.07, 6.45) is 2.64. The van der Waals surface area contributed by atoms with E-state index in [9.17, 15) is 4.79 Å². The number of benzene rings is 1. The first-order chi connectivity index (χ1) is 13.5. The zero-order valence-electron chi connectivity index (χ0n) is 17.0. The second-order valence-electron chi connectivity index (χ2n) is 8.10. The Morgan fingerprint density at radius 2 is 1.93 bits per heavy atom. The third kappa shape index (κ3) is 3.84. The predicted molar refractivity (Wildman–Crippen MR) is 106 cm³/mol. The molecule has 1 aromatic heterocycles. The van der Waals surface area contributed by atoms with Gasteiger partial charge in [0.1, 0.15) is 17.5 Å². The van der Waals surface area contributed by atoms with Crippen molar-refractivity contribution >= 4 is 5.91 Å². The van der Waals surface area contributed by atoms with E-state index in [1.165, 1.54) is 5.56 Å². The van der Waals surface area contributed by atoms with Gasteiger partial charge in [-0.15, -0.1) is 0 Å². The van der Waals surface area contributed by atoms with Gasteiger partial charge in [0, 0.05) is 32.1 Å². The van der Waals surface area contributed by atoms with E-state index in [1.807, 2.05) is 36.0 Å². The van der Waals surface area contributed by atoms with Crippen molar-refractivity contribution in [2.45, 2.75) is 44.7 Å². The van der Waals surface area contributed by atoms with Crippen molar-refractivity contribution < 1.29 is 13.9 Å². The largest absolute Gasteiger partial charge is 0.445 e. The number of hydrogen-bond donors (Lipinski definition) is 0. The molecule has 6 nitrogen and oxygen atoms in total. The van der Waals surface area contributed by atoms with Crippen LogP contribution in [0.4, 0.5) is 0 Å². The molecule has 1 fully saturated rings. The zero-order valence-corrected chi connectivity index (χ0v) is 17.0. The van der Waals surface area contributed by atoms with Gasteiger partial charge in [-0.2, -0.15) is 0 Å². The average Bonchev–Trinajstić information content (AvgIpc) is 3.13. The molecule has 6 heteroatoms. The average molecular weight is 383 g/mol. The molecule has 4 rings (SSSR count). The van der Waals surface area contributed by atoms with Crippen LogP contribution in [0.2, 0.25) is 0 Å². The first-order valence-electron chi connectivity index (χ1n) is 10.1. The minimum absolute atomic E-state index is 0.120. The van der Waals surface area contributed by atoms with Gasteiger partial charge >= 0.3 is 0 Å². The summed E-state index contributed by atoms with van der Waals surface area (Å²) in [7, 11) is 3.91. The van der Waals surface area contributed by atoms with Crippen LogP contribution < -0.4 is 0 Å². The highest BCUT2D eigenvalue weighted by Crippen LogP contribution is 2.31. The van der Waals surface area contributed by atoms with Crippen molar-refractivity contribution in [3.8, 4) is 0 Å². The molecular formula is C22H29N3O3. The SMILES string of the molecule is Cc1ccc(C(C(=O)N2CCc3oc(C4CCOCC4)nc3C2)N(C)C)cc1. The smallest absolute Gasteiger partial charge is 0.244 e. The molecule has 2 aromatic rings. The van der Waals surface area contributed by atoms with Gasteiger partial charge in [0.25, 0.3) is 0 Å². The van der Waals surface area contributed by atoms with Crippen molar-refractivity contribution in [3.63, 3.8) is 0 Å². The van der Waals surface area contributed by atoms with E-state index >= 15 is 0 Å². The lowest BCUT2D eigenvalue weighted by Gasteiger charge is -2.32. The molecule has 0 N–H and O–H groups in total. The Morgan fingerprint density at radius 1 is 1.21 bits per heavy atom. The van der Waals surface area contributed by atoms with Crippen LogP contribution in [-0.4, -0.2) is 54.5 Å². The number of rotatable bonds is 4. The van der Waals surface area contributed by atoms with Crippen LogP contribution >= 0.6 is 0 Å². The summed E-state index contributed by atoms with van der Waals surface area (Å²) in [6.45, 7) is 4.79. The molecule has 2 aliphatic rings. The van der Waals surface area contributed by atoms with Gasteiger partial charge in [-0.1, -0.05) is 29.8 Å². The van der Waals surface area contributed by atoms with Gasteiger partial charge in [0.2, 0.25) is 5.91 Å². The molecule has 0 spiro atoms. The number of aryl methyl sites for hydroxylation is 1. The quantitative estimate of drug-likeness (QED) is 0.812. The summed E-state index contributed by atoms with van der Waals surface area (Å²) in [4.78, 5) is 22.0. The van der Waals surface area contributed by atoms with Gasteiger partial charge < -0.3 is 14.1 Å². The maximum absolute atomic E-state index is 13.4. The van der Waals surface area contributed by atoms with Crippen LogP contribution in [-0.2, 0) is 22.5 Å². The topological polar surface area (TPSA) is 58.8 Å². The number of nitrogens with zero attached hydrogens (tertiary/aromatic N) is 3. The molecule has 1 unspecified atom stereocenters. The number of ether oxygens (including phenoxy) is 1. The fourth-order valence-corrected chi connectivity index (χ4v) is 4.11. The molecule has 0 radical (unpaired) electrons. The van der Waals surface area contributed by atoms with Crippen molar-refractivity contribution in [1.29, 1.82) is 0 Å². The number of aromatic nitrogens is 1. The molecule has 0 aliphatic carbocycles. The van der Waals surface area contributed by atoms with E-state index in [0.717, 1.165) is 55.4 Å². The lowest BCUT2D eigenvalue weighted by molar-refractivity contribution is -0.137. The molecular weight excluding hydrogens is 354 g/mol. The summed E-state index contributed by atoms with van der Waals surface area (Å²) >= 11 is 0. The highest BCUT2D eigenvalue weighted by atomic mass is 16.5. The van der Waals surface area contributed by atoms with E-state index in [2.05, 4.69) is 19.1 Å². The Morgan fingerprint density at radius 3 is 2.61 bits per heavy atom. The van der Waals surface area contributed by atoms with Gasteiger partial charge in [-0.25, -0.2) is 4.98 Å². The van der Waals surface area contributed by atoms with E-state index in [4.69, 9.17) is 14.1 Å². The standard InChI is InChI=1S/C22H29N3O3/c1-15-4-6-16(7-5-15)20(24(2)3)22(26)25-11-8-19-18(14-25)23-21(28-19)17-9-12-27-13-10-17/h4-7,17,20H,8-14H2,1-3H3. The highest BCUT2D eigenvalue weighted by Gasteiger charge is 2.33. The van der Waals surface area contributed by atoms with Crippen LogP contribution in [0.5, 0.6) is 0 Å². The van der Waals surface area contributed by atoms with E-state index in [1.54, 1.807) is 0 Å². The summed E-state index contributed by atoms with van der Waals surface area (Å²) in [5.74, 6) is 2.23. The summed E-state index contributed by atoms with van der Waals surface area (Å²) in [5, 5.41) is 0. The molecule has 1 atom stereocenters.